The molecule has 0 spiro atoms. The van der Waals surface area contributed by atoms with Crippen LogP contribution in [0.3, 0.4) is 0 Å². The Morgan fingerprint density at radius 2 is 1.72 bits per heavy atom. The second kappa shape index (κ2) is 8.32. The van der Waals surface area contributed by atoms with Crippen molar-refractivity contribution in [2.75, 3.05) is 19.3 Å². The molecule has 0 bridgehead atoms. The fourth-order valence-corrected chi connectivity index (χ4v) is 4.02. The number of hydrogen-bond acceptors (Lipinski definition) is 4. The van der Waals surface area contributed by atoms with Gasteiger partial charge in [0.05, 0.1) is 10.5 Å². The largest absolute Gasteiger partial charge is 0.349 e. The summed E-state index contributed by atoms with van der Waals surface area (Å²) in [5, 5.41) is 2.92. The lowest BCUT2D eigenvalue weighted by atomic mass is 10.0. The average molecular weight is 418 g/mol. The first-order valence-electron chi connectivity index (χ1n) is 9.32. The molecule has 2 amide bonds. The number of aryl methyl sites for hydroxylation is 1. The zero-order valence-corrected chi connectivity index (χ0v) is 17.1. The molecule has 1 saturated heterocycles. The van der Waals surface area contributed by atoms with Crippen LogP contribution in [0.25, 0.3) is 0 Å². The molecule has 0 atom stereocenters. The number of carbonyl (C=O) groups is 2. The van der Waals surface area contributed by atoms with Crippen molar-refractivity contribution in [3.8, 4) is 0 Å². The number of nitrogens with zero attached hydrogens (tertiary/aromatic N) is 1. The van der Waals surface area contributed by atoms with E-state index in [1.54, 1.807) is 24.0 Å². The van der Waals surface area contributed by atoms with Crippen LogP contribution < -0.4 is 5.32 Å². The molecule has 1 aliphatic heterocycles. The van der Waals surface area contributed by atoms with Crippen molar-refractivity contribution in [1.29, 1.82) is 0 Å². The van der Waals surface area contributed by atoms with E-state index in [2.05, 4.69) is 5.32 Å². The van der Waals surface area contributed by atoms with Gasteiger partial charge in [0, 0.05) is 31.0 Å². The molecule has 2 aromatic rings. The zero-order valence-electron chi connectivity index (χ0n) is 16.3. The summed E-state index contributed by atoms with van der Waals surface area (Å²) in [5.74, 6) is -1.24. The van der Waals surface area contributed by atoms with Gasteiger partial charge in [0.25, 0.3) is 11.8 Å². The van der Waals surface area contributed by atoms with Gasteiger partial charge < -0.3 is 10.2 Å². The Labute approximate surface area is 169 Å². The predicted octanol–water partition coefficient (Wildman–Crippen LogP) is 2.57. The lowest BCUT2D eigenvalue weighted by Gasteiger charge is -2.32. The van der Waals surface area contributed by atoms with Gasteiger partial charge in [-0.25, -0.2) is 12.8 Å². The molecule has 0 aromatic heterocycles. The van der Waals surface area contributed by atoms with Crippen molar-refractivity contribution >= 4 is 21.7 Å². The Morgan fingerprint density at radius 1 is 1.07 bits per heavy atom. The summed E-state index contributed by atoms with van der Waals surface area (Å²) in [6.45, 7) is 2.55. The van der Waals surface area contributed by atoms with Crippen LogP contribution in [-0.4, -0.2) is 50.5 Å². The maximum atomic E-state index is 13.8. The number of hydrogen-bond donors (Lipinski definition) is 1. The van der Waals surface area contributed by atoms with Gasteiger partial charge in [-0.2, -0.15) is 0 Å². The molecule has 3 rings (SSSR count). The number of likely N-dealkylation sites (tertiary alicyclic amines) is 1. The standard InChI is InChI=1S/C21H23FN2O4S/c1-14-7-8-16(29(2,27)28)13-18(14)20(25)23-15-9-11-24(12-10-15)21(26)17-5-3-4-6-19(17)22/h3-8,13,15H,9-12H2,1-2H3,(H,23,25). The molecule has 0 unspecified atom stereocenters. The molecule has 6 nitrogen and oxygen atoms in total. The Morgan fingerprint density at radius 3 is 2.34 bits per heavy atom. The number of benzene rings is 2. The normalized spacial score (nSPS) is 15.2. The molecule has 1 heterocycles. The number of nitrogens with one attached hydrogen (secondary N) is 1. The van der Waals surface area contributed by atoms with Gasteiger partial charge in [0.15, 0.2) is 9.84 Å². The highest BCUT2D eigenvalue weighted by molar-refractivity contribution is 7.90. The smallest absolute Gasteiger partial charge is 0.256 e. The Hall–Kier alpha value is -2.74. The SMILES string of the molecule is Cc1ccc(S(C)(=O)=O)cc1C(=O)NC1CCN(C(=O)c2ccccc2F)CC1. The number of halogens is 1. The minimum atomic E-state index is -3.41. The molecule has 8 heteroatoms. The number of sulfone groups is 1. The van der Waals surface area contributed by atoms with Crippen LogP contribution >= 0.6 is 0 Å². The van der Waals surface area contributed by atoms with Crippen molar-refractivity contribution in [2.45, 2.75) is 30.7 Å². The highest BCUT2D eigenvalue weighted by Gasteiger charge is 2.26. The van der Waals surface area contributed by atoms with Crippen molar-refractivity contribution in [1.82, 2.24) is 10.2 Å². The van der Waals surface area contributed by atoms with Crippen LogP contribution in [0.4, 0.5) is 4.39 Å². The van der Waals surface area contributed by atoms with E-state index in [4.69, 9.17) is 0 Å². The predicted molar refractivity (Wildman–Crippen MR) is 107 cm³/mol. The second-order valence-electron chi connectivity index (χ2n) is 7.27. The monoisotopic (exact) mass is 418 g/mol. The first-order chi connectivity index (χ1) is 13.7. The number of amides is 2. The average Bonchev–Trinajstić information content (AvgIpc) is 2.68. The molecule has 0 radical (unpaired) electrons. The Kier molecular flexibility index (Phi) is 6.02. The Bertz CT molecular complexity index is 1040. The fourth-order valence-electron chi connectivity index (χ4n) is 3.37. The summed E-state index contributed by atoms with van der Waals surface area (Å²) in [4.78, 5) is 26.8. The second-order valence-corrected chi connectivity index (χ2v) is 9.28. The van der Waals surface area contributed by atoms with Crippen molar-refractivity contribution in [3.05, 3.63) is 65.0 Å². The van der Waals surface area contributed by atoms with Crippen molar-refractivity contribution in [2.24, 2.45) is 0 Å². The summed E-state index contributed by atoms with van der Waals surface area (Å²) >= 11 is 0. The fraction of sp³-hybridized carbons (Fsp3) is 0.333. The third-order valence-electron chi connectivity index (χ3n) is 5.10. The van der Waals surface area contributed by atoms with Gasteiger partial charge in [0.2, 0.25) is 0 Å². The van der Waals surface area contributed by atoms with E-state index >= 15 is 0 Å². The molecular weight excluding hydrogens is 395 g/mol. The highest BCUT2D eigenvalue weighted by Crippen LogP contribution is 2.19. The maximum Gasteiger partial charge on any atom is 0.256 e. The summed E-state index contributed by atoms with van der Waals surface area (Å²) in [6.07, 6.45) is 2.18. The summed E-state index contributed by atoms with van der Waals surface area (Å²) in [6, 6.07) is 10.2. The number of rotatable bonds is 4. The lowest BCUT2D eigenvalue weighted by Crippen LogP contribution is -2.46. The lowest BCUT2D eigenvalue weighted by molar-refractivity contribution is 0.0693. The zero-order chi connectivity index (χ0) is 21.2. The highest BCUT2D eigenvalue weighted by atomic mass is 32.2. The molecule has 2 aromatic carbocycles. The van der Waals surface area contributed by atoms with E-state index in [1.165, 1.54) is 30.3 Å². The first kappa shape index (κ1) is 21.0. The third-order valence-corrected chi connectivity index (χ3v) is 6.21. The summed E-state index contributed by atoms with van der Waals surface area (Å²) < 4.78 is 37.3. The van der Waals surface area contributed by atoms with Gasteiger partial charge in [0.1, 0.15) is 5.82 Å². The molecule has 1 aliphatic rings. The van der Waals surface area contributed by atoms with Crippen molar-refractivity contribution in [3.63, 3.8) is 0 Å². The quantitative estimate of drug-likeness (QED) is 0.827. The maximum absolute atomic E-state index is 13.8. The van der Waals surface area contributed by atoms with Crippen LogP contribution in [0, 0.1) is 12.7 Å². The van der Waals surface area contributed by atoms with E-state index in [9.17, 15) is 22.4 Å². The van der Waals surface area contributed by atoms with E-state index < -0.39 is 15.7 Å². The molecule has 29 heavy (non-hydrogen) atoms. The molecule has 0 aliphatic carbocycles. The number of piperidine rings is 1. The van der Waals surface area contributed by atoms with E-state index in [0.717, 1.165) is 6.26 Å². The van der Waals surface area contributed by atoms with Gasteiger partial charge in [-0.15, -0.1) is 0 Å². The summed E-state index contributed by atoms with van der Waals surface area (Å²) in [7, 11) is -3.41. The van der Waals surface area contributed by atoms with Crippen LogP contribution in [0.5, 0.6) is 0 Å². The van der Waals surface area contributed by atoms with E-state index in [-0.39, 0.29) is 28.3 Å². The molecule has 1 N–H and O–H groups in total. The summed E-state index contributed by atoms with van der Waals surface area (Å²) in [5.41, 5.74) is 1.04. The number of carbonyl (C=O) groups excluding carboxylic acids is 2. The van der Waals surface area contributed by atoms with Crippen molar-refractivity contribution < 1.29 is 22.4 Å². The third kappa shape index (κ3) is 4.82. The van der Waals surface area contributed by atoms with E-state index in [1.807, 2.05) is 0 Å². The van der Waals surface area contributed by atoms with Gasteiger partial charge in [-0.3, -0.25) is 9.59 Å². The molecule has 154 valence electrons. The topological polar surface area (TPSA) is 83.6 Å². The van der Waals surface area contributed by atoms with Crippen LogP contribution in [0.1, 0.15) is 39.1 Å². The molecule has 0 saturated carbocycles. The molecular formula is C21H23FN2O4S. The van der Waals surface area contributed by atoms with Gasteiger partial charge in [-0.05, 0) is 49.6 Å². The van der Waals surface area contributed by atoms with Gasteiger partial charge >= 0.3 is 0 Å². The van der Waals surface area contributed by atoms with Crippen LogP contribution in [0.2, 0.25) is 0 Å². The van der Waals surface area contributed by atoms with Gasteiger partial charge in [-0.1, -0.05) is 18.2 Å². The minimum absolute atomic E-state index is 0.0446. The van der Waals surface area contributed by atoms with Crippen LogP contribution in [-0.2, 0) is 9.84 Å². The first-order valence-corrected chi connectivity index (χ1v) is 11.2. The minimum Gasteiger partial charge on any atom is -0.349 e. The van der Waals surface area contributed by atoms with Crippen LogP contribution in [0.15, 0.2) is 47.4 Å². The molecule has 1 fully saturated rings. The van der Waals surface area contributed by atoms with E-state index in [0.29, 0.717) is 37.1 Å². The Balaban J connectivity index is 1.63.